The van der Waals surface area contributed by atoms with E-state index >= 15 is 0 Å². The third kappa shape index (κ3) is 1.88. The van der Waals surface area contributed by atoms with E-state index in [0.717, 1.165) is 12.0 Å². The number of hydrogen-bond acceptors (Lipinski definition) is 3. The summed E-state index contributed by atoms with van der Waals surface area (Å²) in [5.74, 6) is 1.35. The van der Waals surface area contributed by atoms with Crippen molar-refractivity contribution in [2.75, 3.05) is 12.4 Å². The molecule has 16 heavy (non-hydrogen) atoms. The second-order valence-corrected chi connectivity index (χ2v) is 3.72. The first-order chi connectivity index (χ1) is 7.60. The number of carboxylic acid groups (broad SMARTS) is 1. The lowest BCUT2D eigenvalue weighted by Crippen LogP contribution is -2.07. The minimum atomic E-state index is -1.10. The monoisotopic (exact) mass is 223 g/mol. The van der Waals surface area contributed by atoms with Crippen molar-refractivity contribution in [2.45, 2.75) is 19.4 Å². The third-order valence-electron chi connectivity index (χ3n) is 2.46. The number of fused-ring (bicyclic) bond motifs is 1. The molecule has 1 aromatic rings. The van der Waals surface area contributed by atoms with Crippen LogP contribution in [0, 0.1) is 0 Å². The van der Waals surface area contributed by atoms with Crippen LogP contribution in [-0.2, 0) is 6.42 Å². The summed E-state index contributed by atoms with van der Waals surface area (Å²) in [5, 5.41) is 10.9. The molecule has 0 fully saturated rings. The second kappa shape index (κ2) is 3.92. The summed E-state index contributed by atoms with van der Waals surface area (Å²) in [6.07, 6.45) is -0.219. The molecule has 0 saturated carbocycles. The first-order valence-corrected chi connectivity index (χ1v) is 4.97. The Morgan fingerprint density at radius 1 is 1.62 bits per heavy atom. The largest absolute Gasteiger partial charge is 0.496 e. The second-order valence-electron chi connectivity index (χ2n) is 3.72. The molecule has 0 aliphatic carbocycles. The van der Waals surface area contributed by atoms with E-state index < -0.39 is 6.09 Å². The highest BCUT2D eigenvalue weighted by Crippen LogP contribution is 2.38. The van der Waals surface area contributed by atoms with Crippen molar-refractivity contribution in [3.8, 4) is 11.5 Å². The van der Waals surface area contributed by atoms with Crippen molar-refractivity contribution in [3.05, 3.63) is 17.7 Å². The highest BCUT2D eigenvalue weighted by Gasteiger charge is 2.24. The molecular formula is C11H13NO4. The summed E-state index contributed by atoms with van der Waals surface area (Å²) in [5.41, 5.74) is 1.45. The average Bonchev–Trinajstić information content (AvgIpc) is 2.56. The zero-order valence-electron chi connectivity index (χ0n) is 9.11. The molecule has 1 atom stereocenters. The Labute approximate surface area is 93.0 Å². The number of hydrogen-bond donors (Lipinski definition) is 2. The van der Waals surface area contributed by atoms with Gasteiger partial charge in [0.1, 0.15) is 17.6 Å². The molecule has 2 N–H and O–H groups in total. The number of ether oxygens (including phenoxy) is 2. The lowest BCUT2D eigenvalue weighted by molar-refractivity contribution is 0.209. The smallest absolute Gasteiger partial charge is 0.409 e. The van der Waals surface area contributed by atoms with Crippen molar-refractivity contribution >= 4 is 11.8 Å². The number of anilines is 1. The molecule has 86 valence electrons. The van der Waals surface area contributed by atoms with Gasteiger partial charge in [-0.2, -0.15) is 0 Å². The van der Waals surface area contributed by atoms with E-state index in [1.54, 1.807) is 19.2 Å². The summed E-state index contributed by atoms with van der Waals surface area (Å²) >= 11 is 0. The lowest BCUT2D eigenvalue weighted by atomic mass is 10.1. The van der Waals surface area contributed by atoms with Gasteiger partial charge < -0.3 is 14.6 Å². The normalized spacial score (nSPS) is 17.5. The Hall–Kier alpha value is -1.91. The van der Waals surface area contributed by atoms with Gasteiger partial charge in [0.25, 0.3) is 0 Å². The van der Waals surface area contributed by atoms with Crippen molar-refractivity contribution in [1.82, 2.24) is 0 Å². The molecule has 0 spiro atoms. The Morgan fingerprint density at radius 3 is 3.00 bits per heavy atom. The Morgan fingerprint density at radius 2 is 2.38 bits per heavy atom. The quantitative estimate of drug-likeness (QED) is 0.805. The maximum absolute atomic E-state index is 10.5. The molecule has 0 aromatic heterocycles. The van der Waals surface area contributed by atoms with Crippen LogP contribution in [0.5, 0.6) is 11.5 Å². The van der Waals surface area contributed by atoms with Crippen LogP contribution in [0.4, 0.5) is 10.5 Å². The van der Waals surface area contributed by atoms with Crippen LogP contribution in [0.2, 0.25) is 0 Å². The van der Waals surface area contributed by atoms with Crippen molar-refractivity contribution < 1.29 is 19.4 Å². The van der Waals surface area contributed by atoms with Gasteiger partial charge in [-0.3, -0.25) is 5.32 Å². The van der Waals surface area contributed by atoms with Crippen molar-refractivity contribution in [2.24, 2.45) is 0 Å². The molecule has 0 bridgehead atoms. The van der Waals surface area contributed by atoms with Gasteiger partial charge >= 0.3 is 6.09 Å². The SMILES string of the molecule is COc1cc(NC(=O)O)cc2c1CC(C)O2. The van der Waals surface area contributed by atoms with Gasteiger partial charge in [0.15, 0.2) is 0 Å². The van der Waals surface area contributed by atoms with Gasteiger partial charge in [-0.1, -0.05) is 0 Å². The van der Waals surface area contributed by atoms with E-state index in [1.165, 1.54) is 0 Å². The number of carbonyl (C=O) groups is 1. The Balaban J connectivity index is 2.38. The number of benzene rings is 1. The maximum Gasteiger partial charge on any atom is 0.409 e. The van der Waals surface area contributed by atoms with E-state index in [0.29, 0.717) is 17.2 Å². The van der Waals surface area contributed by atoms with E-state index in [-0.39, 0.29) is 6.10 Å². The van der Waals surface area contributed by atoms with Crippen LogP contribution in [0.1, 0.15) is 12.5 Å². The Bertz CT molecular complexity index is 430. The van der Waals surface area contributed by atoms with Gasteiger partial charge in [-0.05, 0) is 6.92 Å². The molecule has 1 aromatic carbocycles. The van der Waals surface area contributed by atoms with Gasteiger partial charge in [-0.25, -0.2) is 4.79 Å². The van der Waals surface area contributed by atoms with Gasteiger partial charge in [0.05, 0.1) is 12.8 Å². The molecule has 1 aliphatic heterocycles. The fourth-order valence-electron chi connectivity index (χ4n) is 1.85. The summed E-state index contributed by atoms with van der Waals surface area (Å²) in [4.78, 5) is 10.5. The summed E-state index contributed by atoms with van der Waals surface area (Å²) in [6.45, 7) is 1.96. The maximum atomic E-state index is 10.5. The van der Waals surface area contributed by atoms with E-state index in [2.05, 4.69) is 5.32 Å². The molecule has 1 aliphatic rings. The topological polar surface area (TPSA) is 67.8 Å². The number of rotatable bonds is 2. The van der Waals surface area contributed by atoms with Gasteiger partial charge in [0, 0.05) is 24.1 Å². The fourth-order valence-corrected chi connectivity index (χ4v) is 1.85. The first kappa shape index (κ1) is 10.6. The summed E-state index contributed by atoms with van der Waals surface area (Å²) < 4.78 is 10.8. The number of amides is 1. The van der Waals surface area contributed by atoms with Crippen LogP contribution in [0.25, 0.3) is 0 Å². The molecule has 1 heterocycles. The van der Waals surface area contributed by atoms with Gasteiger partial charge in [0.2, 0.25) is 0 Å². The minimum absolute atomic E-state index is 0.101. The average molecular weight is 223 g/mol. The number of methoxy groups -OCH3 is 1. The van der Waals surface area contributed by atoms with E-state index in [9.17, 15) is 4.79 Å². The standard InChI is InChI=1S/C11H13NO4/c1-6-3-8-9(15-2)4-7(12-11(13)14)5-10(8)16-6/h4-6,12H,3H2,1-2H3,(H,13,14). The molecule has 0 radical (unpaired) electrons. The van der Waals surface area contributed by atoms with Crippen LogP contribution < -0.4 is 14.8 Å². The fraction of sp³-hybridized carbons (Fsp3) is 0.364. The molecular weight excluding hydrogens is 210 g/mol. The molecule has 1 unspecified atom stereocenters. The molecule has 1 amide bonds. The van der Waals surface area contributed by atoms with Crippen LogP contribution in [0.15, 0.2) is 12.1 Å². The third-order valence-corrected chi connectivity index (χ3v) is 2.46. The Kier molecular flexibility index (Phi) is 2.60. The molecule has 2 rings (SSSR count). The minimum Gasteiger partial charge on any atom is -0.496 e. The van der Waals surface area contributed by atoms with Crippen LogP contribution in [0.3, 0.4) is 0 Å². The van der Waals surface area contributed by atoms with E-state index in [1.807, 2.05) is 6.92 Å². The molecule has 5 heteroatoms. The predicted octanol–water partition coefficient (Wildman–Crippen LogP) is 2.11. The van der Waals surface area contributed by atoms with Crippen LogP contribution >= 0.6 is 0 Å². The van der Waals surface area contributed by atoms with Crippen molar-refractivity contribution in [3.63, 3.8) is 0 Å². The highest BCUT2D eigenvalue weighted by molar-refractivity contribution is 5.84. The van der Waals surface area contributed by atoms with Crippen LogP contribution in [-0.4, -0.2) is 24.4 Å². The highest BCUT2D eigenvalue weighted by atomic mass is 16.5. The lowest BCUT2D eigenvalue weighted by Gasteiger charge is -2.09. The van der Waals surface area contributed by atoms with E-state index in [4.69, 9.17) is 14.6 Å². The summed E-state index contributed by atoms with van der Waals surface area (Å²) in [7, 11) is 1.56. The zero-order valence-corrected chi connectivity index (χ0v) is 9.11. The van der Waals surface area contributed by atoms with Gasteiger partial charge in [-0.15, -0.1) is 0 Å². The predicted molar refractivity (Wildman–Crippen MR) is 58.4 cm³/mol. The molecule has 0 saturated heterocycles. The molecule has 5 nitrogen and oxygen atoms in total. The summed E-state index contributed by atoms with van der Waals surface area (Å²) in [6, 6.07) is 3.34. The zero-order chi connectivity index (χ0) is 11.7. The number of nitrogens with one attached hydrogen (secondary N) is 1. The van der Waals surface area contributed by atoms with Crippen molar-refractivity contribution in [1.29, 1.82) is 0 Å². The first-order valence-electron chi connectivity index (χ1n) is 4.97.